The summed E-state index contributed by atoms with van der Waals surface area (Å²) in [7, 11) is 0. The molecule has 4 nitrogen and oxygen atoms in total. The first-order chi connectivity index (χ1) is 10.2. The van der Waals surface area contributed by atoms with E-state index >= 15 is 0 Å². The van der Waals surface area contributed by atoms with Gasteiger partial charge in [0.1, 0.15) is 5.82 Å². The molecule has 2 aromatic heterocycles. The lowest BCUT2D eigenvalue weighted by Crippen LogP contribution is -2.15. The van der Waals surface area contributed by atoms with E-state index in [9.17, 15) is 0 Å². The minimum Gasteiger partial charge on any atom is -0.335 e. The number of aromatic nitrogens is 4. The maximum atomic E-state index is 5.94. The third kappa shape index (κ3) is 2.99. The molecule has 1 atom stereocenters. The van der Waals surface area contributed by atoms with Gasteiger partial charge in [0.15, 0.2) is 0 Å². The van der Waals surface area contributed by atoms with Gasteiger partial charge in [-0.1, -0.05) is 15.9 Å². The van der Waals surface area contributed by atoms with E-state index in [4.69, 9.17) is 16.6 Å². The van der Waals surface area contributed by atoms with Gasteiger partial charge in [0, 0.05) is 35.7 Å². The molecule has 0 aliphatic heterocycles. The van der Waals surface area contributed by atoms with Gasteiger partial charge >= 0.3 is 0 Å². The van der Waals surface area contributed by atoms with Crippen LogP contribution in [0.1, 0.15) is 18.8 Å². The van der Waals surface area contributed by atoms with Gasteiger partial charge < -0.3 is 9.13 Å². The van der Waals surface area contributed by atoms with Crippen LogP contribution in [0.25, 0.3) is 11.0 Å². The molecule has 110 valence electrons. The Balaban J connectivity index is 2.05. The molecular formula is C15H16BrClN4. The molecule has 1 aromatic carbocycles. The van der Waals surface area contributed by atoms with Gasteiger partial charge in [0.25, 0.3) is 0 Å². The van der Waals surface area contributed by atoms with Crippen LogP contribution in [0.2, 0.25) is 0 Å². The lowest BCUT2D eigenvalue weighted by Gasteiger charge is -2.18. The van der Waals surface area contributed by atoms with E-state index in [1.807, 2.05) is 24.7 Å². The Hall–Kier alpha value is -1.33. The van der Waals surface area contributed by atoms with Crippen LogP contribution in [-0.4, -0.2) is 25.0 Å². The summed E-state index contributed by atoms with van der Waals surface area (Å²) in [5, 5.41) is 0. The largest absolute Gasteiger partial charge is 0.335 e. The minimum atomic E-state index is 0.275. The highest BCUT2D eigenvalue weighted by molar-refractivity contribution is 9.10. The van der Waals surface area contributed by atoms with Crippen LogP contribution in [-0.2, 0) is 13.0 Å². The van der Waals surface area contributed by atoms with Crippen molar-refractivity contribution in [3.8, 4) is 0 Å². The zero-order chi connectivity index (χ0) is 14.8. The van der Waals surface area contributed by atoms with Crippen LogP contribution in [0.3, 0.4) is 0 Å². The monoisotopic (exact) mass is 366 g/mol. The van der Waals surface area contributed by atoms with Crippen LogP contribution in [0.4, 0.5) is 0 Å². The van der Waals surface area contributed by atoms with E-state index in [1.165, 1.54) is 0 Å². The van der Waals surface area contributed by atoms with Crippen LogP contribution in [0.5, 0.6) is 0 Å². The summed E-state index contributed by atoms with van der Waals surface area (Å²) < 4.78 is 5.42. The Morgan fingerprint density at radius 1 is 1.38 bits per heavy atom. The topological polar surface area (TPSA) is 35.6 Å². The second-order valence-electron chi connectivity index (χ2n) is 5.08. The Morgan fingerprint density at radius 3 is 2.95 bits per heavy atom. The lowest BCUT2D eigenvalue weighted by atomic mass is 10.2. The highest BCUT2D eigenvalue weighted by Crippen LogP contribution is 2.25. The van der Waals surface area contributed by atoms with Crippen molar-refractivity contribution in [2.45, 2.75) is 25.9 Å². The van der Waals surface area contributed by atoms with Crippen molar-refractivity contribution in [3.05, 3.63) is 47.2 Å². The zero-order valence-electron chi connectivity index (χ0n) is 11.7. The summed E-state index contributed by atoms with van der Waals surface area (Å²) >= 11 is 9.48. The number of alkyl halides is 1. The van der Waals surface area contributed by atoms with Crippen molar-refractivity contribution < 1.29 is 0 Å². The first-order valence-corrected chi connectivity index (χ1v) is 8.20. The predicted octanol–water partition coefficient (Wildman–Crippen LogP) is 4.04. The number of rotatable bonds is 5. The van der Waals surface area contributed by atoms with Gasteiger partial charge in [-0.15, -0.1) is 11.6 Å². The molecule has 0 radical (unpaired) electrons. The van der Waals surface area contributed by atoms with Crippen LogP contribution in [0, 0.1) is 0 Å². The lowest BCUT2D eigenvalue weighted by molar-refractivity contribution is 0.461. The maximum Gasteiger partial charge on any atom is 0.111 e. The molecule has 0 amide bonds. The third-order valence-corrected chi connectivity index (χ3v) is 4.20. The summed E-state index contributed by atoms with van der Waals surface area (Å²) in [6.07, 6.45) is 6.39. The first kappa shape index (κ1) is 14.6. The molecule has 6 heteroatoms. The predicted molar refractivity (Wildman–Crippen MR) is 88.8 cm³/mol. The van der Waals surface area contributed by atoms with Crippen molar-refractivity contribution in [2.24, 2.45) is 0 Å². The average molecular weight is 368 g/mol. The number of imidazole rings is 2. The molecule has 0 spiro atoms. The van der Waals surface area contributed by atoms with E-state index in [2.05, 4.69) is 43.0 Å². The maximum absolute atomic E-state index is 5.94. The van der Waals surface area contributed by atoms with Crippen LogP contribution >= 0.6 is 27.5 Å². The molecule has 1 unspecified atom stereocenters. The van der Waals surface area contributed by atoms with E-state index in [-0.39, 0.29) is 6.04 Å². The second kappa shape index (κ2) is 6.20. The van der Waals surface area contributed by atoms with Crippen molar-refractivity contribution in [3.63, 3.8) is 0 Å². The van der Waals surface area contributed by atoms with Gasteiger partial charge in [0.2, 0.25) is 0 Å². The number of hydrogen-bond acceptors (Lipinski definition) is 2. The number of fused-ring (bicyclic) bond motifs is 1. The van der Waals surface area contributed by atoms with Crippen LogP contribution < -0.4 is 0 Å². The summed E-state index contributed by atoms with van der Waals surface area (Å²) in [5.74, 6) is 1.60. The Bertz CT molecular complexity index is 736. The van der Waals surface area contributed by atoms with Gasteiger partial charge in [-0.2, -0.15) is 0 Å². The molecule has 2 heterocycles. The Labute approximate surface area is 136 Å². The minimum absolute atomic E-state index is 0.275. The SMILES string of the molecule is CC(Cn1ccnc1)n1c(CCCl)nc2ccc(Br)cc21. The summed E-state index contributed by atoms with van der Waals surface area (Å²) in [6, 6.07) is 6.45. The molecule has 3 rings (SSSR count). The quantitative estimate of drug-likeness (QED) is 0.638. The first-order valence-electron chi connectivity index (χ1n) is 6.87. The van der Waals surface area contributed by atoms with Gasteiger partial charge in [0.05, 0.1) is 23.4 Å². The van der Waals surface area contributed by atoms with E-state index in [1.54, 1.807) is 6.20 Å². The fourth-order valence-corrected chi connectivity index (χ4v) is 3.17. The van der Waals surface area contributed by atoms with Gasteiger partial charge in [-0.3, -0.25) is 0 Å². The summed E-state index contributed by atoms with van der Waals surface area (Å²) in [6.45, 7) is 3.05. The Kier molecular flexibility index (Phi) is 4.31. The number of hydrogen-bond donors (Lipinski definition) is 0. The number of benzene rings is 1. The van der Waals surface area contributed by atoms with Crippen molar-refractivity contribution in [1.82, 2.24) is 19.1 Å². The molecule has 0 saturated carbocycles. The van der Waals surface area contributed by atoms with Crippen molar-refractivity contribution >= 4 is 38.6 Å². The van der Waals surface area contributed by atoms with Crippen LogP contribution in [0.15, 0.2) is 41.4 Å². The average Bonchev–Trinajstić information content (AvgIpc) is 3.06. The smallest absolute Gasteiger partial charge is 0.111 e. The fraction of sp³-hybridized carbons (Fsp3) is 0.333. The number of nitrogens with zero attached hydrogens (tertiary/aromatic N) is 4. The molecule has 0 N–H and O–H groups in total. The fourth-order valence-electron chi connectivity index (χ4n) is 2.65. The normalized spacial score (nSPS) is 12.9. The van der Waals surface area contributed by atoms with E-state index in [0.29, 0.717) is 5.88 Å². The molecule has 0 aliphatic rings. The second-order valence-corrected chi connectivity index (χ2v) is 6.37. The molecule has 0 fully saturated rings. The van der Waals surface area contributed by atoms with E-state index < -0.39 is 0 Å². The number of aryl methyl sites for hydroxylation is 1. The third-order valence-electron chi connectivity index (χ3n) is 3.52. The molecule has 0 bridgehead atoms. The molecule has 0 saturated heterocycles. The highest BCUT2D eigenvalue weighted by Gasteiger charge is 2.16. The number of halogens is 2. The molecular weight excluding hydrogens is 352 g/mol. The van der Waals surface area contributed by atoms with Gasteiger partial charge in [-0.05, 0) is 25.1 Å². The standard InChI is InChI=1S/C15H16BrClN4/c1-11(9-20-7-6-18-10-20)21-14-8-12(16)2-3-13(14)19-15(21)4-5-17/h2-3,6-8,10-11H,4-5,9H2,1H3. The van der Waals surface area contributed by atoms with Crippen molar-refractivity contribution in [2.75, 3.05) is 5.88 Å². The summed E-state index contributed by atoms with van der Waals surface area (Å²) in [5.41, 5.74) is 2.15. The highest BCUT2D eigenvalue weighted by atomic mass is 79.9. The van der Waals surface area contributed by atoms with Crippen molar-refractivity contribution in [1.29, 1.82) is 0 Å². The molecule has 21 heavy (non-hydrogen) atoms. The van der Waals surface area contributed by atoms with E-state index in [0.717, 1.165) is 34.3 Å². The van der Waals surface area contributed by atoms with Gasteiger partial charge in [-0.25, -0.2) is 9.97 Å². The Morgan fingerprint density at radius 2 is 2.24 bits per heavy atom. The molecule has 3 aromatic rings. The molecule has 0 aliphatic carbocycles. The zero-order valence-corrected chi connectivity index (χ0v) is 14.0. The summed E-state index contributed by atoms with van der Waals surface area (Å²) in [4.78, 5) is 8.83.